The minimum Gasteiger partial charge on any atom is -0.383 e. The molecule has 0 aliphatic heterocycles. The molecule has 0 saturated heterocycles. The molecule has 120 valence electrons. The smallest absolute Gasteiger partial charge is 0.262 e. The van der Waals surface area contributed by atoms with E-state index in [1.807, 2.05) is 13.8 Å². The van der Waals surface area contributed by atoms with Gasteiger partial charge in [0.1, 0.15) is 4.83 Å². The van der Waals surface area contributed by atoms with E-state index in [0.29, 0.717) is 33.8 Å². The summed E-state index contributed by atoms with van der Waals surface area (Å²) in [6.07, 6.45) is 2.37. The van der Waals surface area contributed by atoms with Crippen LogP contribution in [-0.4, -0.2) is 35.2 Å². The van der Waals surface area contributed by atoms with Crippen LogP contribution in [0.15, 0.2) is 11.1 Å². The lowest BCUT2D eigenvalue weighted by Gasteiger charge is -2.10. The maximum absolute atomic E-state index is 12.5. The van der Waals surface area contributed by atoms with Gasteiger partial charge in [-0.3, -0.25) is 14.2 Å². The highest BCUT2D eigenvalue weighted by Crippen LogP contribution is 2.26. The van der Waals surface area contributed by atoms with E-state index in [1.165, 1.54) is 22.2 Å². The Morgan fingerprint density at radius 3 is 2.91 bits per heavy atom. The number of carbonyl (C=O) groups is 1. The standard InChI is InChI=1S/C15H21N3O3S/c1-5-9(2)17-13(19)12-10(3)11-14(22-12)16-8-18(15(11)20)6-7-21-4/h8-9H,5-7H2,1-4H3,(H,17,19). The van der Waals surface area contributed by atoms with Crippen LogP contribution in [0, 0.1) is 6.92 Å². The highest BCUT2D eigenvalue weighted by Gasteiger charge is 2.20. The van der Waals surface area contributed by atoms with Crippen molar-refractivity contribution in [1.82, 2.24) is 14.9 Å². The number of carbonyl (C=O) groups excluding carboxylic acids is 1. The summed E-state index contributed by atoms with van der Waals surface area (Å²) in [5.74, 6) is -0.141. The van der Waals surface area contributed by atoms with Crippen molar-refractivity contribution in [2.75, 3.05) is 13.7 Å². The topological polar surface area (TPSA) is 73.2 Å². The van der Waals surface area contributed by atoms with Gasteiger partial charge in [-0.1, -0.05) is 6.92 Å². The van der Waals surface area contributed by atoms with Gasteiger partial charge in [-0.15, -0.1) is 11.3 Å². The number of methoxy groups -OCH3 is 1. The number of ether oxygens (including phenoxy) is 1. The quantitative estimate of drug-likeness (QED) is 0.882. The van der Waals surface area contributed by atoms with Gasteiger partial charge in [0.25, 0.3) is 11.5 Å². The van der Waals surface area contributed by atoms with Crippen LogP contribution in [0.25, 0.3) is 10.2 Å². The molecule has 1 amide bonds. The average Bonchev–Trinajstić information content (AvgIpc) is 2.84. The molecule has 7 heteroatoms. The molecule has 0 aromatic carbocycles. The lowest BCUT2D eigenvalue weighted by Crippen LogP contribution is -2.31. The van der Waals surface area contributed by atoms with Crippen molar-refractivity contribution in [3.05, 3.63) is 27.1 Å². The number of fused-ring (bicyclic) bond motifs is 1. The molecule has 2 aromatic heterocycles. The van der Waals surface area contributed by atoms with Crippen LogP contribution in [0.3, 0.4) is 0 Å². The van der Waals surface area contributed by atoms with Crippen LogP contribution in [0.5, 0.6) is 0 Å². The van der Waals surface area contributed by atoms with Crippen molar-refractivity contribution in [3.63, 3.8) is 0 Å². The first-order chi connectivity index (χ1) is 10.5. The molecule has 0 aliphatic carbocycles. The Morgan fingerprint density at radius 1 is 1.55 bits per heavy atom. The number of nitrogens with one attached hydrogen (secondary N) is 1. The van der Waals surface area contributed by atoms with E-state index >= 15 is 0 Å². The molecule has 1 N–H and O–H groups in total. The van der Waals surface area contributed by atoms with Crippen LogP contribution in [-0.2, 0) is 11.3 Å². The SMILES string of the molecule is CCC(C)NC(=O)c1sc2ncn(CCOC)c(=O)c2c1C. The Bertz CT molecular complexity index is 735. The van der Waals surface area contributed by atoms with Gasteiger partial charge in [0.05, 0.1) is 29.7 Å². The first kappa shape index (κ1) is 16.6. The van der Waals surface area contributed by atoms with Gasteiger partial charge in [0, 0.05) is 13.2 Å². The van der Waals surface area contributed by atoms with Gasteiger partial charge in [-0.05, 0) is 25.8 Å². The highest BCUT2D eigenvalue weighted by molar-refractivity contribution is 7.20. The molecule has 6 nitrogen and oxygen atoms in total. The molecular weight excluding hydrogens is 302 g/mol. The second-order valence-electron chi connectivity index (χ2n) is 5.26. The Labute approximate surface area is 133 Å². The molecule has 0 saturated carbocycles. The third kappa shape index (κ3) is 3.20. The third-order valence-electron chi connectivity index (χ3n) is 3.65. The molecule has 2 heterocycles. The Morgan fingerprint density at radius 2 is 2.27 bits per heavy atom. The summed E-state index contributed by atoms with van der Waals surface area (Å²) in [6.45, 7) is 6.66. The van der Waals surface area contributed by atoms with E-state index in [4.69, 9.17) is 4.74 Å². The minimum atomic E-state index is -0.141. The monoisotopic (exact) mass is 323 g/mol. The first-order valence-electron chi connectivity index (χ1n) is 7.27. The van der Waals surface area contributed by atoms with Crippen molar-refractivity contribution in [2.45, 2.75) is 39.8 Å². The number of hydrogen-bond donors (Lipinski definition) is 1. The number of aromatic nitrogens is 2. The summed E-state index contributed by atoms with van der Waals surface area (Å²) >= 11 is 1.26. The van der Waals surface area contributed by atoms with Crippen molar-refractivity contribution < 1.29 is 9.53 Å². The molecule has 1 unspecified atom stereocenters. The van der Waals surface area contributed by atoms with Gasteiger partial charge >= 0.3 is 0 Å². The van der Waals surface area contributed by atoms with Crippen LogP contribution >= 0.6 is 11.3 Å². The second kappa shape index (κ2) is 7.02. The van der Waals surface area contributed by atoms with E-state index in [-0.39, 0.29) is 17.5 Å². The zero-order valence-electron chi connectivity index (χ0n) is 13.3. The van der Waals surface area contributed by atoms with Gasteiger partial charge in [0.2, 0.25) is 0 Å². The number of amides is 1. The van der Waals surface area contributed by atoms with Gasteiger partial charge < -0.3 is 10.1 Å². The zero-order valence-corrected chi connectivity index (χ0v) is 14.1. The maximum Gasteiger partial charge on any atom is 0.262 e. The number of rotatable bonds is 6. The highest BCUT2D eigenvalue weighted by atomic mass is 32.1. The fourth-order valence-corrected chi connectivity index (χ4v) is 3.16. The lowest BCUT2D eigenvalue weighted by molar-refractivity contribution is 0.0943. The predicted octanol–water partition coefficient (Wildman–Crippen LogP) is 1.94. The van der Waals surface area contributed by atoms with Crippen molar-refractivity contribution in [2.24, 2.45) is 0 Å². The predicted molar refractivity (Wildman–Crippen MR) is 87.7 cm³/mol. The second-order valence-corrected chi connectivity index (χ2v) is 6.25. The summed E-state index contributed by atoms with van der Waals surface area (Å²) in [6, 6.07) is 0.100. The fourth-order valence-electron chi connectivity index (χ4n) is 2.12. The summed E-state index contributed by atoms with van der Waals surface area (Å²) in [4.78, 5) is 30.3. The molecule has 2 aromatic rings. The Balaban J connectivity index is 2.43. The number of thiophene rings is 1. The van der Waals surface area contributed by atoms with Crippen molar-refractivity contribution >= 4 is 27.5 Å². The molecule has 0 fully saturated rings. The molecule has 0 radical (unpaired) electrons. The molecule has 2 rings (SSSR count). The summed E-state index contributed by atoms with van der Waals surface area (Å²) in [5.41, 5.74) is 0.573. The average molecular weight is 323 g/mol. The Kier molecular flexibility index (Phi) is 5.31. The molecular formula is C15H21N3O3S. The van der Waals surface area contributed by atoms with Crippen LogP contribution in [0.4, 0.5) is 0 Å². The number of hydrogen-bond acceptors (Lipinski definition) is 5. The van der Waals surface area contributed by atoms with E-state index in [1.54, 1.807) is 14.0 Å². The van der Waals surface area contributed by atoms with E-state index in [0.717, 1.165) is 6.42 Å². The largest absolute Gasteiger partial charge is 0.383 e. The van der Waals surface area contributed by atoms with Gasteiger partial charge in [-0.2, -0.15) is 0 Å². The summed E-state index contributed by atoms with van der Waals surface area (Å²) in [5, 5.41) is 3.46. The van der Waals surface area contributed by atoms with E-state index < -0.39 is 0 Å². The van der Waals surface area contributed by atoms with Crippen LogP contribution in [0.1, 0.15) is 35.5 Å². The molecule has 0 spiro atoms. The fraction of sp³-hybridized carbons (Fsp3) is 0.533. The zero-order chi connectivity index (χ0) is 16.3. The normalized spacial score (nSPS) is 12.5. The molecule has 22 heavy (non-hydrogen) atoms. The van der Waals surface area contributed by atoms with Gasteiger partial charge in [0.15, 0.2) is 0 Å². The summed E-state index contributed by atoms with van der Waals surface area (Å²) < 4.78 is 6.51. The van der Waals surface area contributed by atoms with E-state index in [9.17, 15) is 9.59 Å². The lowest BCUT2D eigenvalue weighted by atomic mass is 10.2. The number of aryl methyl sites for hydroxylation is 1. The number of nitrogens with zero attached hydrogens (tertiary/aromatic N) is 2. The summed E-state index contributed by atoms with van der Waals surface area (Å²) in [7, 11) is 1.59. The van der Waals surface area contributed by atoms with E-state index in [2.05, 4.69) is 10.3 Å². The maximum atomic E-state index is 12.5. The van der Waals surface area contributed by atoms with Crippen molar-refractivity contribution in [3.8, 4) is 0 Å². The Hall–Kier alpha value is -1.73. The minimum absolute atomic E-state index is 0.100. The van der Waals surface area contributed by atoms with Gasteiger partial charge in [-0.25, -0.2) is 4.98 Å². The van der Waals surface area contributed by atoms with Crippen molar-refractivity contribution in [1.29, 1.82) is 0 Å². The first-order valence-corrected chi connectivity index (χ1v) is 8.09. The third-order valence-corrected chi connectivity index (χ3v) is 4.85. The van der Waals surface area contributed by atoms with Crippen LogP contribution in [0.2, 0.25) is 0 Å². The van der Waals surface area contributed by atoms with Crippen LogP contribution < -0.4 is 10.9 Å². The molecule has 0 aliphatic rings. The molecule has 0 bridgehead atoms. The molecule has 1 atom stereocenters.